The van der Waals surface area contributed by atoms with Crippen molar-refractivity contribution in [1.82, 2.24) is 5.16 Å². The van der Waals surface area contributed by atoms with Gasteiger partial charge in [-0.3, -0.25) is 5.32 Å². The number of anilines is 1. The second-order valence-electron chi connectivity index (χ2n) is 2.85. The van der Waals surface area contributed by atoms with Gasteiger partial charge in [-0.1, -0.05) is 24.9 Å². The summed E-state index contributed by atoms with van der Waals surface area (Å²) in [5.74, 6) is 0.366. The Morgan fingerprint density at radius 3 is 3.14 bits per heavy atom. The molecule has 0 unspecified atom stereocenters. The number of aromatic nitrogens is 1. The number of nitrogens with zero attached hydrogens (tertiary/aromatic N) is 1. The molecule has 1 heterocycles. The Balaban J connectivity index is 2.11. The van der Waals surface area contributed by atoms with Crippen LogP contribution < -0.4 is 5.32 Å². The molecule has 0 atom stereocenters. The highest BCUT2D eigenvalue weighted by molar-refractivity contribution is 5.82. The molecule has 0 bridgehead atoms. The van der Waals surface area contributed by atoms with Crippen LogP contribution in [-0.4, -0.2) is 17.9 Å². The van der Waals surface area contributed by atoms with Crippen molar-refractivity contribution in [3.05, 3.63) is 12.3 Å². The van der Waals surface area contributed by atoms with E-state index in [9.17, 15) is 4.79 Å². The van der Waals surface area contributed by atoms with E-state index in [1.54, 1.807) is 6.07 Å². The van der Waals surface area contributed by atoms with Gasteiger partial charge in [0.15, 0.2) is 5.82 Å². The molecule has 14 heavy (non-hydrogen) atoms. The van der Waals surface area contributed by atoms with Crippen LogP contribution in [-0.2, 0) is 4.74 Å². The summed E-state index contributed by atoms with van der Waals surface area (Å²) in [6, 6.07) is 1.55. The smallest absolute Gasteiger partial charge is 0.412 e. The van der Waals surface area contributed by atoms with Gasteiger partial charge in [0, 0.05) is 6.07 Å². The molecule has 5 heteroatoms. The standard InChI is InChI=1S/C9H14N2O3/c1-2-3-4-6-13-9(12)10-8-5-7-14-11-8/h5,7H,2-4,6H2,1H3,(H,10,11,12). The van der Waals surface area contributed by atoms with Gasteiger partial charge >= 0.3 is 6.09 Å². The normalized spacial score (nSPS) is 9.79. The number of nitrogens with one attached hydrogen (secondary N) is 1. The first kappa shape index (κ1) is 10.6. The highest BCUT2D eigenvalue weighted by atomic mass is 16.5. The molecule has 5 nitrogen and oxygen atoms in total. The molecule has 0 aliphatic heterocycles. The van der Waals surface area contributed by atoms with Gasteiger partial charge in [-0.2, -0.15) is 0 Å². The molecule has 78 valence electrons. The molecular weight excluding hydrogens is 184 g/mol. The van der Waals surface area contributed by atoms with Gasteiger partial charge < -0.3 is 9.26 Å². The van der Waals surface area contributed by atoms with E-state index in [4.69, 9.17) is 4.74 Å². The Kier molecular flexibility index (Phi) is 4.54. The van der Waals surface area contributed by atoms with Gasteiger partial charge in [0.1, 0.15) is 6.26 Å². The van der Waals surface area contributed by atoms with Crippen LogP contribution in [0.4, 0.5) is 10.6 Å². The maximum atomic E-state index is 11.1. The molecule has 1 aromatic rings. The monoisotopic (exact) mass is 198 g/mol. The van der Waals surface area contributed by atoms with E-state index in [0.29, 0.717) is 12.4 Å². The summed E-state index contributed by atoms with van der Waals surface area (Å²) >= 11 is 0. The van der Waals surface area contributed by atoms with E-state index in [-0.39, 0.29) is 0 Å². The first-order valence-corrected chi connectivity index (χ1v) is 4.67. The highest BCUT2D eigenvalue weighted by Crippen LogP contribution is 2.02. The molecular formula is C9H14N2O3. The number of ether oxygens (including phenoxy) is 1. The Morgan fingerprint density at radius 1 is 1.64 bits per heavy atom. The van der Waals surface area contributed by atoms with Gasteiger partial charge in [-0.25, -0.2) is 4.79 Å². The number of rotatable bonds is 5. The van der Waals surface area contributed by atoms with Crippen LogP contribution in [0.15, 0.2) is 16.9 Å². The van der Waals surface area contributed by atoms with Crippen LogP contribution in [0.2, 0.25) is 0 Å². The molecule has 0 saturated heterocycles. The van der Waals surface area contributed by atoms with Crippen LogP contribution in [0, 0.1) is 0 Å². The van der Waals surface area contributed by atoms with Crippen molar-refractivity contribution >= 4 is 11.9 Å². The zero-order valence-corrected chi connectivity index (χ0v) is 8.16. The van der Waals surface area contributed by atoms with E-state index in [0.717, 1.165) is 19.3 Å². The number of hydrogen-bond acceptors (Lipinski definition) is 4. The zero-order chi connectivity index (χ0) is 10.2. The quantitative estimate of drug-likeness (QED) is 0.738. The van der Waals surface area contributed by atoms with E-state index in [1.807, 2.05) is 0 Å². The van der Waals surface area contributed by atoms with Crippen molar-refractivity contribution < 1.29 is 14.1 Å². The first-order chi connectivity index (χ1) is 6.83. The van der Waals surface area contributed by atoms with Crippen molar-refractivity contribution in [1.29, 1.82) is 0 Å². The minimum Gasteiger partial charge on any atom is -0.449 e. The van der Waals surface area contributed by atoms with Gasteiger partial charge in [0.2, 0.25) is 0 Å². The molecule has 0 radical (unpaired) electrons. The van der Waals surface area contributed by atoms with Crippen LogP contribution >= 0.6 is 0 Å². The SMILES string of the molecule is CCCCCOC(=O)Nc1ccon1. The molecule has 0 aliphatic rings. The third-order valence-corrected chi connectivity index (χ3v) is 1.65. The highest BCUT2D eigenvalue weighted by Gasteiger charge is 2.03. The molecule has 0 fully saturated rings. The summed E-state index contributed by atoms with van der Waals surface area (Å²) in [4.78, 5) is 11.1. The Morgan fingerprint density at radius 2 is 2.50 bits per heavy atom. The molecule has 0 saturated carbocycles. The van der Waals surface area contributed by atoms with Crippen LogP contribution in [0.3, 0.4) is 0 Å². The fourth-order valence-corrected chi connectivity index (χ4v) is 0.935. The lowest BCUT2D eigenvalue weighted by Gasteiger charge is -2.03. The predicted octanol–water partition coefficient (Wildman–Crippen LogP) is 2.41. The van der Waals surface area contributed by atoms with Crippen molar-refractivity contribution in [2.45, 2.75) is 26.2 Å². The number of carbonyl (C=O) groups excluding carboxylic acids is 1. The molecule has 1 N–H and O–H groups in total. The number of unbranched alkanes of at least 4 members (excludes halogenated alkanes) is 2. The average Bonchev–Trinajstić information content (AvgIpc) is 2.65. The van der Waals surface area contributed by atoms with Gasteiger partial charge in [0.25, 0.3) is 0 Å². The largest absolute Gasteiger partial charge is 0.449 e. The maximum Gasteiger partial charge on any atom is 0.412 e. The lowest BCUT2D eigenvalue weighted by molar-refractivity contribution is 0.159. The average molecular weight is 198 g/mol. The molecule has 1 rings (SSSR count). The lowest BCUT2D eigenvalue weighted by atomic mass is 10.3. The number of hydrogen-bond donors (Lipinski definition) is 1. The van der Waals surface area contributed by atoms with Gasteiger partial charge in [-0.05, 0) is 6.42 Å². The Labute approximate surface area is 82.4 Å². The molecule has 0 aliphatic carbocycles. The first-order valence-electron chi connectivity index (χ1n) is 4.67. The molecule has 0 aromatic carbocycles. The third-order valence-electron chi connectivity index (χ3n) is 1.65. The topological polar surface area (TPSA) is 64.4 Å². The van der Waals surface area contributed by atoms with E-state index in [1.165, 1.54) is 6.26 Å². The fourth-order valence-electron chi connectivity index (χ4n) is 0.935. The summed E-state index contributed by atoms with van der Waals surface area (Å²) < 4.78 is 9.42. The summed E-state index contributed by atoms with van der Waals surface area (Å²) in [7, 11) is 0. The van der Waals surface area contributed by atoms with Gasteiger partial charge in [-0.15, -0.1) is 0 Å². The lowest BCUT2D eigenvalue weighted by Crippen LogP contribution is -2.14. The van der Waals surface area contributed by atoms with Crippen LogP contribution in [0.1, 0.15) is 26.2 Å². The minimum atomic E-state index is -0.491. The third kappa shape index (κ3) is 3.93. The molecule has 0 spiro atoms. The van der Waals surface area contributed by atoms with Crippen molar-refractivity contribution in [2.24, 2.45) is 0 Å². The number of amides is 1. The zero-order valence-electron chi connectivity index (χ0n) is 8.16. The summed E-state index contributed by atoms with van der Waals surface area (Å²) in [6.45, 7) is 2.53. The van der Waals surface area contributed by atoms with Crippen molar-refractivity contribution in [2.75, 3.05) is 11.9 Å². The second kappa shape index (κ2) is 6.01. The van der Waals surface area contributed by atoms with Crippen molar-refractivity contribution in [3.8, 4) is 0 Å². The van der Waals surface area contributed by atoms with Crippen LogP contribution in [0.25, 0.3) is 0 Å². The number of carbonyl (C=O) groups is 1. The van der Waals surface area contributed by atoms with E-state index in [2.05, 4.69) is 21.9 Å². The van der Waals surface area contributed by atoms with E-state index >= 15 is 0 Å². The molecule has 1 aromatic heterocycles. The molecule has 1 amide bonds. The fraction of sp³-hybridized carbons (Fsp3) is 0.556. The predicted molar refractivity (Wildman–Crippen MR) is 51.0 cm³/mol. The second-order valence-corrected chi connectivity index (χ2v) is 2.85. The Hall–Kier alpha value is -1.52. The van der Waals surface area contributed by atoms with E-state index < -0.39 is 6.09 Å². The Bertz CT molecular complexity index is 259. The van der Waals surface area contributed by atoms with Crippen LogP contribution in [0.5, 0.6) is 0 Å². The summed E-state index contributed by atoms with van der Waals surface area (Å²) in [5, 5.41) is 5.95. The maximum absolute atomic E-state index is 11.1. The summed E-state index contributed by atoms with van der Waals surface area (Å²) in [6.07, 6.45) is 3.95. The summed E-state index contributed by atoms with van der Waals surface area (Å²) in [5.41, 5.74) is 0. The van der Waals surface area contributed by atoms with Gasteiger partial charge in [0.05, 0.1) is 6.61 Å². The van der Waals surface area contributed by atoms with Crippen molar-refractivity contribution in [3.63, 3.8) is 0 Å². The minimum absolute atomic E-state index is 0.366.